The number of rotatable bonds is 1. The molecular weight excluding hydrogens is 230 g/mol. The highest BCUT2D eigenvalue weighted by Crippen LogP contribution is 2.35. The number of nitrogens with zero attached hydrogens (tertiary/aromatic N) is 1. The summed E-state index contributed by atoms with van der Waals surface area (Å²) in [6.07, 6.45) is 2.19. The summed E-state index contributed by atoms with van der Waals surface area (Å²) >= 11 is 0. The predicted octanol–water partition coefficient (Wildman–Crippen LogP) is 1.72. The molecular formula is C13H19N3O2. The van der Waals surface area contributed by atoms with Crippen LogP contribution in [0.4, 0.5) is 11.5 Å². The van der Waals surface area contributed by atoms with E-state index in [4.69, 9.17) is 9.47 Å². The van der Waals surface area contributed by atoms with Gasteiger partial charge < -0.3 is 20.1 Å². The number of nitrogens with one attached hydrogen (secondary N) is 2. The van der Waals surface area contributed by atoms with Crippen molar-refractivity contribution in [3.05, 3.63) is 12.1 Å². The van der Waals surface area contributed by atoms with E-state index >= 15 is 0 Å². The quantitative estimate of drug-likeness (QED) is 0.793. The third kappa shape index (κ3) is 2.10. The predicted molar refractivity (Wildman–Crippen MR) is 70.3 cm³/mol. The van der Waals surface area contributed by atoms with Crippen LogP contribution in [0.25, 0.3) is 0 Å². The van der Waals surface area contributed by atoms with Gasteiger partial charge in [-0.25, -0.2) is 0 Å². The maximum absolute atomic E-state index is 5.46. The summed E-state index contributed by atoms with van der Waals surface area (Å²) in [6, 6.07) is 3.90. The first-order chi connectivity index (χ1) is 8.81. The number of methoxy groups -OCH3 is 1. The van der Waals surface area contributed by atoms with E-state index in [1.807, 2.05) is 12.1 Å². The Morgan fingerprint density at radius 1 is 1.22 bits per heavy atom. The van der Waals surface area contributed by atoms with E-state index in [9.17, 15) is 0 Å². The monoisotopic (exact) mass is 249 g/mol. The third-order valence-corrected chi connectivity index (χ3v) is 3.92. The van der Waals surface area contributed by atoms with Crippen molar-refractivity contribution in [1.82, 2.24) is 4.98 Å². The summed E-state index contributed by atoms with van der Waals surface area (Å²) in [5.41, 5.74) is 1.34. The normalized spacial score (nSPS) is 21.4. The maximum Gasteiger partial charge on any atom is 0.215 e. The highest BCUT2D eigenvalue weighted by atomic mass is 16.5. The van der Waals surface area contributed by atoms with Crippen molar-refractivity contribution in [2.75, 3.05) is 44.0 Å². The Bertz CT molecular complexity index is 430. The van der Waals surface area contributed by atoms with Crippen LogP contribution >= 0.6 is 0 Å². The summed E-state index contributed by atoms with van der Waals surface area (Å²) in [6.45, 7) is 3.63. The van der Waals surface area contributed by atoms with Gasteiger partial charge in [0, 0.05) is 37.8 Å². The van der Waals surface area contributed by atoms with Crippen LogP contribution in [0.1, 0.15) is 12.8 Å². The fourth-order valence-corrected chi connectivity index (χ4v) is 2.61. The Hall–Kier alpha value is -1.49. The zero-order chi connectivity index (χ0) is 12.4. The highest BCUT2D eigenvalue weighted by molar-refractivity contribution is 5.66. The third-order valence-electron chi connectivity index (χ3n) is 3.92. The van der Waals surface area contributed by atoms with Gasteiger partial charge in [0.1, 0.15) is 0 Å². The minimum atomic E-state index is 0.284. The zero-order valence-electron chi connectivity index (χ0n) is 10.7. The Morgan fingerprint density at radius 3 is 2.78 bits per heavy atom. The molecule has 0 radical (unpaired) electrons. The number of anilines is 2. The molecule has 0 amide bonds. The summed E-state index contributed by atoms with van der Waals surface area (Å²) in [4.78, 5) is 4.44. The summed E-state index contributed by atoms with van der Waals surface area (Å²) < 4.78 is 10.6. The van der Waals surface area contributed by atoms with Gasteiger partial charge in [-0.2, -0.15) is 4.98 Å². The van der Waals surface area contributed by atoms with Crippen LogP contribution in [0, 0.1) is 5.41 Å². The maximum atomic E-state index is 5.46. The molecule has 0 aliphatic carbocycles. The van der Waals surface area contributed by atoms with Gasteiger partial charge in [-0.05, 0) is 18.9 Å². The van der Waals surface area contributed by atoms with Crippen LogP contribution in [0.2, 0.25) is 0 Å². The lowest BCUT2D eigenvalue weighted by Crippen LogP contribution is -2.40. The van der Waals surface area contributed by atoms with Crippen molar-refractivity contribution in [2.45, 2.75) is 12.8 Å². The molecule has 1 saturated heterocycles. The summed E-state index contributed by atoms with van der Waals surface area (Å²) in [5, 5.41) is 6.95. The van der Waals surface area contributed by atoms with Crippen LogP contribution in [-0.2, 0) is 4.74 Å². The van der Waals surface area contributed by atoms with Gasteiger partial charge >= 0.3 is 0 Å². The molecule has 0 saturated carbocycles. The van der Waals surface area contributed by atoms with E-state index in [1.165, 1.54) is 0 Å². The van der Waals surface area contributed by atoms with Crippen molar-refractivity contribution in [2.24, 2.45) is 5.41 Å². The van der Waals surface area contributed by atoms with E-state index in [0.717, 1.165) is 50.7 Å². The zero-order valence-corrected chi connectivity index (χ0v) is 10.7. The smallest absolute Gasteiger partial charge is 0.215 e. The molecule has 2 aliphatic heterocycles. The lowest BCUT2D eigenvalue weighted by Gasteiger charge is -2.36. The van der Waals surface area contributed by atoms with Crippen LogP contribution in [0.5, 0.6) is 5.88 Å². The second kappa shape index (κ2) is 4.65. The molecule has 0 unspecified atom stereocenters. The molecule has 1 aromatic heterocycles. The van der Waals surface area contributed by atoms with Crippen molar-refractivity contribution in [3.8, 4) is 5.88 Å². The lowest BCUT2D eigenvalue weighted by atomic mass is 9.80. The number of fused-ring (bicyclic) bond motifs is 1. The topological polar surface area (TPSA) is 55.4 Å². The van der Waals surface area contributed by atoms with E-state index in [0.29, 0.717) is 5.88 Å². The first-order valence-electron chi connectivity index (χ1n) is 6.42. The number of pyridine rings is 1. The largest absolute Gasteiger partial charge is 0.481 e. The van der Waals surface area contributed by atoms with Crippen LogP contribution in [-0.4, -0.2) is 38.4 Å². The van der Waals surface area contributed by atoms with Crippen LogP contribution in [0.3, 0.4) is 0 Å². The minimum Gasteiger partial charge on any atom is -0.481 e. The van der Waals surface area contributed by atoms with E-state index in [2.05, 4.69) is 15.6 Å². The second-order valence-electron chi connectivity index (χ2n) is 5.07. The molecule has 1 fully saturated rings. The SMILES string of the molecule is COc1ccc2c(n1)NCC1(CCOCC1)CN2. The van der Waals surface area contributed by atoms with Crippen molar-refractivity contribution >= 4 is 11.5 Å². The van der Waals surface area contributed by atoms with Gasteiger partial charge in [0.15, 0.2) is 5.82 Å². The number of aromatic nitrogens is 1. The molecule has 5 heteroatoms. The molecule has 5 nitrogen and oxygen atoms in total. The molecule has 98 valence electrons. The summed E-state index contributed by atoms with van der Waals surface area (Å²) in [7, 11) is 1.64. The van der Waals surface area contributed by atoms with Gasteiger partial charge in [-0.3, -0.25) is 0 Å². The molecule has 1 spiro atoms. The molecule has 2 aliphatic rings. The Kier molecular flexibility index (Phi) is 2.99. The molecule has 3 rings (SSSR count). The molecule has 18 heavy (non-hydrogen) atoms. The first-order valence-corrected chi connectivity index (χ1v) is 6.42. The molecule has 0 bridgehead atoms. The van der Waals surface area contributed by atoms with Crippen LogP contribution < -0.4 is 15.4 Å². The van der Waals surface area contributed by atoms with E-state index in [-0.39, 0.29) is 5.41 Å². The van der Waals surface area contributed by atoms with Gasteiger partial charge in [0.2, 0.25) is 5.88 Å². The average Bonchev–Trinajstić information content (AvgIpc) is 2.60. The molecule has 3 heterocycles. The van der Waals surface area contributed by atoms with Gasteiger partial charge in [0.25, 0.3) is 0 Å². The second-order valence-corrected chi connectivity index (χ2v) is 5.07. The van der Waals surface area contributed by atoms with Gasteiger partial charge in [-0.1, -0.05) is 0 Å². The molecule has 2 N–H and O–H groups in total. The first kappa shape index (κ1) is 11.6. The fraction of sp³-hybridized carbons (Fsp3) is 0.615. The molecule has 0 atom stereocenters. The Balaban J connectivity index is 1.81. The van der Waals surface area contributed by atoms with Crippen LogP contribution in [0.15, 0.2) is 12.1 Å². The van der Waals surface area contributed by atoms with Gasteiger partial charge in [-0.15, -0.1) is 0 Å². The van der Waals surface area contributed by atoms with E-state index < -0.39 is 0 Å². The molecule has 1 aromatic rings. The van der Waals surface area contributed by atoms with Crippen molar-refractivity contribution in [1.29, 1.82) is 0 Å². The number of hydrogen-bond acceptors (Lipinski definition) is 5. The molecule has 0 aromatic carbocycles. The fourth-order valence-electron chi connectivity index (χ4n) is 2.61. The van der Waals surface area contributed by atoms with Crippen molar-refractivity contribution < 1.29 is 9.47 Å². The highest BCUT2D eigenvalue weighted by Gasteiger charge is 2.34. The summed E-state index contributed by atoms with van der Waals surface area (Å²) in [5.74, 6) is 1.53. The van der Waals surface area contributed by atoms with E-state index in [1.54, 1.807) is 7.11 Å². The number of ether oxygens (including phenoxy) is 2. The standard InChI is InChI=1S/C13H19N3O2/c1-17-11-3-2-10-12(16-11)15-9-13(8-14-10)4-6-18-7-5-13/h2-3,14H,4-9H2,1H3,(H,15,16). The lowest BCUT2D eigenvalue weighted by molar-refractivity contribution is 0.0276. The number of hydrogen-bond donors (Lipinski definition) is 2. The van der Waals surface area contributed by atoms with Gasteiger partial charge in [0.05, 0.1) is 12.8 Å². The minimum absolute atomic E-state index is 0.284. The Labute approximate surface area is 107 Å². The average molecular weight is 249 g/mol. The van der Waals surface area contributed by atoms with Crippen molar-refractivity contribution in [3.63, 3.8) is 0 Å². The Morgan fingerprint density at radius 2 is 2.00 bits per heavy atom.